The smallest absolute Gasteiger partial charge is 0.268 e. The molecule has 0 unspecified atom stereocenters. The minimum Gasteiger partial charge on any atom is -0.501 e. The van der Waals surface area contributed by atoms with Crippen LogP contribution in [0.1, 0.15) is 6.42 Å². The summed E-state index contributed by atoms with van der Waals surface area (Å²) in [6.45, 7) is 3.38. The summed E-state index contributed by atoms with van der Waals surface area (Å²) in [7, 11) is 1.58. The van der Waals surface area contributed by atoms with Gasteiger partial charge < -0.3 is 14.2 Å². The maximum atomic E-state index is 12.1. The fourth-order valence-corrected chi connectivity index (χ4v) is 2.64. The van der Waals surface area contributed by atoms with Crippen LogP contribution in [0, 0.1) is 0 Å². The van der Waals surface area contributed by atoms with Gasteiger partial charge in [0.25, 0.3) is 5.78 Å². The van der Waals surface area contributed by atoms with E-state index in [1.54, 1.807) is 19.3 Å². The molecule has 0 N–H and O–H groups in total. The van der Waals surface area contributed by atoms with Crippen LogP contribution in [-0.4, -0.2) is 56.4 Å². The van der Waals surface area contributed by atoms with Crippen molar-refractivity contribution in [1.29, 1.82) is 0 Å². The Morgan fingerprint density at radius 3 is 2.74 bits per heavy atom. The number of carbonyl (C=O) groups excluding carboxylic acids is 2. The molecule has 1 fully saturated rings. The number of hydrogen-bond acceptors (Lipinski definition) is 6. The molecule has 6 heteroatoms. The molecule has 0 aromatic carbocycles. The van der Waals surface area contributed by atoms with E-state index in [9.17, 15) is 9.59 Å². The van der Waals surface area contributed by atoms with E-state index in [2.05, 4.69) is 4.90 Å². The molecule has 1 aliphatic carbocycles. The Hall–Kier alpha value is -2.18. The van der Waals surface area contributed by atoms with Gasteiger partial charge in [-0.25, -0.2) is 0 Å². The molecule has 2 aliphatic heterocycles. The van der Waals surface area contributed by atoms with Crippen molar-refractivity contribution in [1.82, 2.24) is 4.90 Å². The van der Waals surface area contributed by atoms with Crippen LogP contribution in [-0.2, 0) is 23.8 Å². The van der Waals surface area contributed by atoms with E-state index in [0.29, 0.717) is 37.5 Å². The van der Waals surface area contributed by atoms with E-state index in [-0.39, 0.29) is 5.76 Å². The molecule has 0 radical (unpaired) electrons. The highest BCUT2D eigenvalue weighted by molar-refractivity contribution is 6.47. The number of nitrogens with zero attached hydrogens (tertiary/aromatic N) is 1. The molecule has 122 valence electrons. The summed E-state index contributed by atoms with van der Waals surface area (Å²) < 4.78 is 16.3. The Bertz CT molecular complexity index is 635. The van der Waals surface area contributed by atoms with Gasteiger partial charge in [0, 0.05) is 31.2 Å². The second-order valence-electron chi connectivity index (χ2n) is 5.50. The van der Waals surface area contributed by atoms with Crippen LogP contribution in [0.3, 0.4) is 0 Å². The zero-order valence-electron chi connectivity index (χ0n) is 13.0. The molecule has 0 saturated carbocycles. The van der Waals surface area contributed by atoms with Crippen molar-refractivity contribution in [3.8, 4) is 0 Å². The first-order valence-corrected chi connectivity index (χ1v) is 7.60. The molecular weight excluding hydrogens is 298 g/mol. The maximum Gasteiger partial charge on any atom is 0.268 e. The largest absolute Gasteiger partial charge is 0.501 e. The third-order valence-electron chi connectivity index (χ3n) is 3.90. The molecule has 3 aliphatic rings. The van der Waals surface area contributed by atoms with E-state index in [1.807, 2.05) is 6.08 Å². The minimum atomic E-state index is -0.621. The van der Waals surface area contributed by atoms with E-state index >= 15 is 0 Å². The number of methoxy groups -OCH3 is 1. The Balaban J connectivity index is 1.82. The maximum absolute atomic E-state index is 12.1. The predicted molar refractivity (Wildman–Crippen MR) is 82.3 cm³/mol. The first-order valence-electron chi connectivity index (χ1n) is 7.60. The number of ether oxygens (including phenoxy) is 3. The molecule has 0 aromatic heterocycles. The van der Waals surface area contributed by atoms with Crippen molar-refractivity contribution in [2.75, 3.05) is 40.0 Å². The zero-order chi connectivity index (χ0) is 16.2. The van der Waals surface area contributed by atoms with Crippen LogP contribution < -0.4 is 0 Å². The number of allylic oxidation sites excluding steroid dienone is 6. The number of hydrogen-bond donors (Lipinski definition) is 0. The Labute approximate surface area is 134 Å². The summed E-state index contributed by atoms with van der Waals surface area (Å²) >= 11 is 0. The van der Waals surface area contributed by atoms with Gasteiger partial charge >= 0.3 is 0 Å². The minimum absolute atomic E-state index is 0.0752. The van der Waals surface area contributed by atoms with Crippen LogP contribution >= 0.6 is 0 Å². The fourth-order valence-electron chi connectivity index (χ4n) is 2.64. The molecule has 2 heterocycles. The van der Waals surface area contributed by atoms with Crippen molar-refractivity contribution in [2.24, 2.45) is 0 Å². The normalized spacial score (nSPS) is 25.8. The summed E-state index contributed by atoms with van der Waals surface area (Å²) in [4.78, 5) is 26.3. The third-order valence-corrected chi connectivity index (χ3v) is 3.90. The quantitative estimate of drug-likeness (QED) is 0.574. The Morgan fingerprint density at radius 1 is 1.22 bits per heavy atom. The number of Topliss-reactive ketones (excluding diaryl/α,β-unsaturated/α-hetero) is 1. The second kappa shape index (κ2) is 6.93. The van der Waals surface area contributed by atoms with Crippen LogP contribution in [0.2, 0.25) is 0 Å². The van der Waals surface area contributed by atoms with Gasteiger partial charge in [-0.1, -0.05) is 12.2 Å². The lowest BCUT2D eigenvalue weighted by molar-refractivity contribution is -0.134. The van der Waals surface area contributed by atoms with E-state index in [0.717, 1.165) is 18.8 Å². The van der Waals surface area contributed by atoms with Crippen molar-refractivity contribution >= 4 is 11.6 Å². The lowest BCUT2D eigenvalue weighted by Gasteiger charge is -2.28. The lowest BCUT2D eigenvalue weighted by Crippen LogP contribution is -2.38. The average Bonchev–Trinajstić information content (AvgIpc) is 2.59. The van der Waals surface area contributed by atoms with Crippen molar-refractivity contribution in [2.45, 2.75) is 6.42 Å². The number of carbonyl (C=O) groups is 2. The summed E-state index contributed by atoms with van der Waals surface area (Å²) in [5.74, 6) is 0.122. The van der Waals surface area contributed by atoms with Crippen molar-refractivity contribution < 1.29 is 23.8 Å². The Kier molecular flexibility index (Phi) is 4.73. The van der Waals surface area contributed by atoms with Gasteiger partial charge in [-0.2, -0.15) is 0 Å². The molecule has 0 bridgehead atoms. The number of ketones is 2. The molecule has 0 atom stereocenters. The van der Waals surface area contributed by atoms with E-state index < -0.39 is 11.6 Å². The molecule has 0 aromatic rings. The molecule has 0 amide bonds. The van der Waals surface area contributed by atoms with Gasteiger partial charge in [0.15, 0.2) is 5.76 Å². The second-order valence-corrected chi connectivity index (χ2v) is 5.50. The molecular formula is C17H19NO5. The summed E-state index contributed by atoms with van der Waals surface area (Å²) in [6.07, 6.45) is 7.34. The molecule has 23 heavy (non-hydrogen) atoms. The third kappa shape index (κ3) is 3.60. The van der Waals surface area contributed by atoms with Crippen molar-refractivity contribution in [3.63, 3.8) is 0 Å². The fraction of sp³-hybridized carbons (Fsp3) is 0.412. The van der Waals surface area contributed by atoms with Gasteiger partial charge in [-0.3, -0.25) is 14.5 Å². The van der Waals surface area contributed by atoms with Crippen LogP contribution in [0.15, 0.2) is 47.2 Å². The van der Waals surface area contributed by atoms with Gasteiger partial charge in [0.1, 0.15) is 5.76 Å². The number of morpholine rings is 1. The standard InChI is InChI=1S/C17H19NO5/c1-21-13-4-2-3-12(9-13)17-16(20)15(19)10-14(23-17)11-18-5-7-22-8-6-18/h2-3,9-10H,4-8,11H2,1H3/b17-12-. The highest BCUT2D eigenvalue weighted by atomic mass is 16.5. The topological polar surface area (TPSA) is 65.1 Å². The molecule has 6 nitrogen and oxygen atoms in total. The number of rotatable bonds is 3. The SMILES string of the molecule is COC1=C/C(=C2\OC(CN3CCOCC3)=CC(=O)C2=O)C=CC1. The van der Waals surface area contributed by atoms with Crippen molar-refractivity contribution in [3.05, 3.63) is 47.2 Å². The lowest BCUT2D eigenvalue weighted by atomic mass is 10.0. The van der Waals surface area contributed by atoms with Gasteiger partial charge in [-0.15, -0.1) is 0 Å². The summed E-state index contributed by atoms with van der Waals surface area (Å²) in [5.41, 5.74) is 0.569. The zero-order valence-corrected chi connectivity index (χ0v) is 13.0. The summed E-state index contributed by atoms with van der Waals surface area (Å²) in [6, 6.07) is 0. The van der Waals surface area contributed by atoms with Gasteiger partial charge in [-0.05, 0) is 6.08 Å². The molecule has 0 spiro atoms. The van der Waals surface area contributed by atoms with Crippen LogP contribution in [0.5, 0.6) is 0 Å². The summed E-state index contributed by atoms with van der Waals surface area (Å²) in [5, 5.41) is 0. The predicted octanol–water partition coefficient (Wildman–Crippen LogP) is 1.12. The van der Waals surface area contributed by atoms with E-state index in [1.165, 1.54) is 6.08 Å². The van der Waals surface area contributed by atoms with Crippen LogP contribution in [0.25, 0.3) is 0 Å². The Morgan fingerprint density at radius 2 is 2.00 bits per heavy atom. The first kappa shape index (κ1) is 15.7. The van der Waals surface area contributed by atoms with E-state index in [4.69, 9.17) is 14.2 Å². The molecule has 3 rings (SSSR count). The average molecular weight is 317 g/mol. The van der Waals surface area contributed by atoms with Gasteiger partial charge in [0.05, 0.1) is 32.6 Å². The van der Waals surface area contributed by atoms with Gasteiger partial charge in [0.2, 0.25) is 5.78 Å². The van der Waals surface area contributed by atoms with Crippen LogP contribution in [0.4, 0.5) is 0 Å². The highest BCUT2D eigenvalue weighted by Gasteiger charge is 2.29. The molecule has 1 saturated heterocycles. The highest BCUT2D eigenvalue weighted by Crippen LogP contribution is 2.25. The first-order chi connectivity index (χ1) is 11.2. The monoisotopic (exact) mass is 317 g/mol.